The number of alkyl halides is 2. The second-order valence-corrected chi connectivity index (χ2v) is 6.77. The third-order valence-electron chi connectivity index (χ3n) is 4.53. The second kappa shape index (κ2) is 9.45. The fourth-order valence-corrected chi connectivity index (χ4v) is 3.15. The number of hydrogen-bond acceptors (Lipinski definition) is 4. The summed E-state index contributed by atoms with van der Waals surface area (Å²) in [5.74, 6) is -0.246. The van der Waals surface area contributed by atoms with E-state index in [1.807, 2.05) is 6.92 Å². The van der Waals surface area contributed by atoms with E-state index >= 15 is 0 Å². The van der Waals surface area contributed by atoms with Crippen molar-refractivity contribution in [3.63, 3.8) is 0 Å². The highest BCUT2D eigenvalue weighted by Crippen LogP contribution is 2.24. The number of fused-ring (bicyclic) bond motifs is 1. The molecule has 1 aromatic heterocycles. The van der Waals surface area contributed by atoms with Crippen molar-refractivity contribution >= 4 is 34.2 Å². The van der Waals surface area contributed by atoms with Gasteiger partial charge < -0.3 is 10.6 Å². The lowest BCUT2D eigenvalue weighted by Crippen LogP contribution is -2.33. The Morgan fingerprint density at radius 3 is 2.30 bits per heavy atom. The predicted octanol–water partition coefficient (Wildman–Crippen LogP) is 3.85. The van der Waals surface area contributed by atoms with Crippen molar-refractivity contribution in [1.29, 1.82) is 0 Å². The van der Waals surface area contributed by atoms with Crippen LogP contribution in [0, 0.1) is 0 Å². The summed E-state index contributed by atoms with van der Waals surface area (Å²) in [5, 5.41) is 5.42. The van der Waals surface area contributed by atoms with Gasteiger partial charge in [-0.2, -0.15) is 8.78 Å². The van der Waals surface area contributed by atoms with Gasteiger partial charge >= 0.3 is 6.55 Å². The van der Waals surface area contributed by atoms with Gasteiger partial charge in [0, 0.05) is 18.3 Å². The van der Waals surface area contributed by atoms with Crippen molar-refractivity contribution in [2.45, 2.75) is 26.9 Å². The number of imidazole rings is 1. The molecule has 0 aliphatic rings. The van der Waals surface area contributed by atoms with Crippen LogP contribution in [0.15, 0.2) is 48.5 Å². The highest BCUT2D eigenvalue weighted by molar-refractivity contribution is 5.93. The van der Waals surface area contributed by atoms with Gasteiger partial charge in [0.05, 0.1) is 24.1 Å². The number of nitrogens with one attached hydrogen (secondary N) is 2. The lowest BCUT2D eigenvalue weighted by atomic mass is 10.2. The number of aromatic nitrogens is 2. The van der Waals surface area contributed by atoms with Crippen LogP contribution in [-0.2, 0) is 16.1 Å². The normalized spacial score (nSPS) is 11.3. The number of carbonyl (C=O) groups is 2. The molecule has 3 rings (SSSR count). The molecule has 2 aromatic carbocycles. The van der Waals surface area contributed by atoms with E-state index in [4.69, 9.17) is 0 Å². The lowest BCUT2D eigenvalue weighted by molar-refractivity contribution is -0.117. The molecule has 1 heterocycles. The first kappa shape index (κ1) is 21.4. The van der Waals surface area contributed by atoms with Gasteiger partial charge in [-0.05, 0) is 42.9 Å². The number of rotatable bonds is 8. The van der Waals surface area contributed by atoms with E-state index in [9.17, 15) is 18.4 Å². The van der Waals surface area contributed by atoms with E-state index in [-0.39, 0.29) is 30.7 Å². The summed E-state index contributed by atoms with van der Waals surface area (Å²) in [7, 11) is 0. The van der Waals surface area contributed by atoms with Gasteiger partial charge in [-0.1, -0.05) is 19.1 Å². The molecule has 30 heavy (non-hydrogen) atoms. The molecular formula is C21H23F2N5O2. The van der Waals surface area contributed by atoms with Gasteiger partial charge in [0.25, 0.3) is 0 Å². The minimum Gasteiger partial charge on any atom is -0.326 e. The van der Waals surface area contributed by atoms with Crippen LogP contribution in [0.5, 0.6) is 0 Å². The number of halogens is 2. The monoisotopic (exact) mass is 415 g/mol. The standard InChI is InChI=1S/C21H23F2N5O2/c1-3-27(12-19-26-17-6-4-5-7-18(17)28(19)21(22)23)13-20(30)25-16-10-8-15(9-11-16)24-14(2)29/h4-11,21H,3,12-13H2,1-2H3,(H,24,29)(H,25,30). The summed E-state index contributed by atoms with van der Waals surface area (Å²) in [6, 6.07) is 13.4. The van der Waals surface area contributed by atoms with E-state index in [2.05, 4.69) is 15.6 Å². The number of para-hydroxylation sites is 2. The molecule has 0 saturated carbocycles. The first-order chi connectivity index (χ1) is 14.4. The van der Waals surface area contributed by atoms with Gasteiger partial charge in [0.1, 0.15) is 5.82 Å². The third-order valence-corrected chi connectivity index (χ3v) is 4.53. The summed E-state index contributed by atoms with van der Waals surface area (Å²) in [6.07, 6.45) is 0. The molecule has 0 atom stereocenters. The Hall–Kier alpha value is -3.33. The molecular weight excluding hydrogens is 392 g/mol. The minimum absolute atomic E-state index is 0.0242. The van der Waals surface area contributed by atoms with Gasteiger partial charge in [0.15, 0.2) is 0 Å². The Balaban J connectivity index is 1.67. The van der Waals surface area contributed by atoms with Crippen LogP contribution < -0.4 is 10.6 Å². The largest absolute Gasteiger partial charge is 0.326 e. The highest BCUT2D eigenvalue weighted by Gasteiger charge is 2.20. The molecule has 2 amide bonds. The second-order valence-electron chi connectivity index (χ2n) is 6.77. The molecule has 7 nitrogen and oxygen atoms in total. The number of amides is 2. The van der Waals surface area contributed by atoms with E-state index in [0.29, 0.717) is 29.0 Å². The molecule has 0 aliphatic carbocycles. The van der Waals surface area contributed by atoms with Gasteiger partial charge in [-0.3, -0.25) is 19.1 Å². The van der Waals surface area contributed by atoms with Crippen LogP contribution in [0.1, 0.15) is 26.2 Å². The fraction of sp³-hybridized carbons (Fsp3) is 0.286. The first-order valence-electron chi connectivity index (χ1n) is 9.51. The Morgan fingerprint density at radius 1 is 1.07 bits per heavy atom. The maximum atomic E-state index is 13.6. The van der Waals surface area contributed by atoms with Gasteiger partial charge in [-0.15, -0.1) is 0 Å². The Morgan fingerprint density at radius 2 is 1.70 bits per heavy atom. The molecule has 0 bridgehead atoms. The number of hydrogen-bond donors (Lipinski definition) is 2. The van der Waals surface area contributed by atoms with Crippen LogP contribution in [0.25, 0.3) is 11.0 Å². The average molecular weight is 415 g/mol. The molecule has 0 radical (unpaired) electrons. The maximum absolute atomic E-state index is 13.6. The van der Waals surface area contributed by atoms with Crippen LogP contribution in [0.2, 0.25) is 0 Å². The van der Waals surface area contributed by atoms with Gasteiger partial charge in [0.2, 0.25) is 11.8 Å². The zero-order valence-electron chi connectivity index (χ0n) is 16.7. The number of benzene rings is 2. The molecule has 0 saturated heterocycles. The SMILES string of the molecule is CCN(CC(=O)Nc1ccc(NC(C)=O)cc1)Cc1nc2ccccc2n1C(F)F. The highest BCUT2D eigenvalue weighted by atomic mass is 19.3. The number of carbonyl (C=O) groups excluding carboxylic acids is 2. The Kier molecular flexibility index (Phi) is 6.73. The average Bonchev–Trinajstić information content (AvgIpc) is 3.06. The van der Waals surface area contributed by atoms with Crippen molar-refractivity contribution < 1.29 is 18.4 Å². The zero-order valence-corrected chi connectivity index (χ0v) is 16.7. The number of nitrogens with zero attached hydrogens (tertiary/aromatic N) is 3. The summed E-state index contributed by atoms with van der Waals surface area (Å²) in [6.45, 7) is 1.17. The van der Waals surface area contributed by atoms with Crippen molar-refractivity contribution in [1.82, 2.24) is 14.5 Å². The minimum atomic E-state index is -2.72. The van der Waals surface area contributed by atoms with E-state index in [0.717, 1.165) is 4.57 Å². The van der Waals surface area contributed by atoms with Crippen LogP contribution in [0.4, 0.5) is 20.2 Å². The number of anilines is 2. The molecule has 3 aromatic rings. The number of likely N-dealkylation sites (N-methyl/N-ethyl adjacent to an activating group) is 1. The van der Waals surface area contributed by atoms with Crippen molar-refractivity contribution in [3.05, 3.63) is 54.4 Å². The van der Waals surface area contributed by atoms with Crippen LogP contribution in [-0.4, -0.2) is 39.4 Å². The first-order valence-corrected chi connectivity index (χ1v) is 9.51. The van der Waals surface area contributed by atoms with E-state index in [1.165, 1.54) is 6.92 Å². The van der Waals surface area contributed by atoms with Crippen molar-refractivity contribution in [3.8, 4) is 0 Å². The van der Waals surface area contributed by atoms with E-state index in [1.54, 1.807) is 53.4 Å². The smallest absolute Gasteiger partial charge is 0.320 e. The molecule has 0 unspecified atom stereocenters. The van der Waals surface area contributed by atoms with Crippen LogP contribution in [0.3, 0.4) is 0 Å². The summed E-state index contributed by atoms with van der Waals surface area (Å²) >= 11 is 0. The van der Waals surface area contributed by atoms with Crippen molar-refractivity contribution in [2.75, 3.05) is 23.7 Å². The van der Waals surface area contributed by atoms with Gasteiger partial charge in [-0.25, -0.2) is 4.98 Å². The molecule has 0 fully saturated rings. The summed E-state index contributed by atoms with van der Waals surface area (Å²) in [4.78, 5) is 29.5. The summed E-state index contributed by atoms with van der Waals surface area (Å²) < 4.78 is 28.1. The van der Waals surface area contributed by atoms with Crippen LogP contribution >= 0.6 is 0 Å². The lowest BCUT2D eigenvalue weighted by Gasteiger charge is -2.20. The zero-order chi connectivity index (χ0) is 21.7. The third kappa shape index (κ3) is 5.18. The molecule has 2 N–H and O–H groups in total. The van der Waals surface area contributed by atoms with E-state index < -0.39 is 6.55 Å². The fourth-order valence-electron chi connectivity index (χ4n) is 3.15. The molecule has 0 aliphatic heterocycles. The molecule has 0 spiro atoms. The predicted molar refractivity (Wildman–Crippen MR) is 111 cm³/mol. The molecule has 158 valence electrons. The maximum Gasteiger partial charge on any atom is 0.320 e. The molecule has 9 heteroatoms. The topological polar surface area (TPSA) is 79.3 Å². The Bertz CT molecular complexity index is 1030. The van der Waals surface area contributed by atoms with Crippen molar-refractivity contribution in [2.24, 2.45) is 0 Å². The Labute approximate surface area is 172 Å². The quantitative estimate of drug-likeness (QED) is 0.586. The summed E-state index contributed by atoms with van der Waals surface area (Å²) in [5.41, 5.74) is 2.06.